The lowest BCUT2D eigenvalue weighted by Gasteiger charge is -2.45. The SMILES string of the molecule is C[Si](C)(C)CCOCC1C=NC(c2cnn(C3CN(C4CCNCC4)C3)c2)=C2C=CN=C21. The van der Waals surface area contributed by atoms with Gasteiger partial charge in [-0.1, -0.05) is 19.6 Å². The number of fused-ring (bicyclic) bond motifs is 1. The Kier molecular flexibility index (Phi) is 6.29. The van der Waals surface area contributed by atoms with Gasteiger partial charge in [-0.05, 0) is 38.1 Å². The molecule has 5 heterocycles. The number of hydrogen-bond acceptors (Lipinski definition) is 6. The van der Waals surface area contributed by atoms with Crippen LogP contribution in [0.5, 0.6) is 0 Å². The number of rotatable bonds is 8. The predicted octanol–water partition coefficient (Wildman–Crippen LogP) is 3.23. The van der Waals surface area contributed by atoms with Gasteiger partial charge in [0.25, 0.3) is 0 Å². The molecular formula is C24H36N6OSi. The fraction of sp³-hybridized carbons (Fsp3) is 0.625. The topological polar surface area (TPSA) is 67.0 Å². The van der Waals surface area contributed by atoms with E-state index in [1.165, 1.54) is 18.9 Å². The molecule has 4 aliphatic rings. The minimum atomic E-state index is -1.07. The zero-order chi connectivity index (χ0) is 22.1. The first-order valence-electron chi connectivity index (χ1n) is 12.1. The highest BCUT2D eigenvalue weighted by Crippen LogP contribution is 2.32. The van der Waals surface area contributed by atoms with Crippen LogP contribution in [0.2, 0.25) is 25.7 Å². The fourth-order valence-corrected chi connectivity index (χ4v) is 5.63. The quantitative estimate of drug-likeness (QED) is 0.486. The third kappa shape index (κ3) is 4.73. The highest BCUT2D eigenvalue weighted by Gasteiger charge is 2.35. The van der Waals surface area contributed by atoms with Crippen molar-refractivity contribution < 1.29 is 4.74 Å². The molecule has 0 bridgehead atoms. The molecule has 0 saturated carbocycles. The van der Waals surface area contributed by atoms with E-state index >= 15 is 0 Å². The summed E-state index contributed by atoms with van der Waals surface area (Å²) in [6, 6.07) is 2.39. The summed E-state index contributed by atoms with van der Waals surface area (Å²) >= 11 is 0. The molecule has 32 heavy (non-hydrogen) atoms. The number of nitrogens with one attached hydrogen (secondary N) is 1. The number of piperidine rings is 1. The van der Waals surface area contributed by atoms with E-state index in [1.54, 1.807) is 0 Å². The Hall–Kier alpha value is -1.87. The van der Waals surface area contributed by atoms with Crippen LogP contribution in [0.3, 0.4) is 0 Å². The first-order valence-corrected chi connectivity index (χ1v) is 15.8. The average Bonchev–Trinajstić information content (AvgIpc) is 3.40. The molecule has 0 aromatic carbocycles. The molecule has 0 spiro atoms. The number of likely N-dealkylation sites (tertiary alicyclic amines) is 1. The lowest BCUT2D eigenvalue weighted by Crippen LogP contribution is -2.55. The minimum absolute atomic E-state index is 0.130. The van der Waals surface area contributed by atoms with Gasteiger partial charge < -0.3 is 10.1 Å². The molecule has 0 radical (unpaired) electrons. The van der Waals surface area contributed by atoms with Gasteiger partial charge in [0.2, 0.25) is 0 Å². The first kappa shape index (κ1) is 21.9. The van der Waals surface area contributed by atoms with Crippen LogP contribution >= 0.6 is 0 Å². The molecule has 0 amide bonds. The van der Waals surface area contributed by atoms with E-state index in [0.717, 1.165) is 61.4 Å². The second kappa shape index (κ2) is 9.17. The van der Waals surface area contributed by atoms with Crippen LogP contribution in [0.1, 0.15) is 24.4 Å². The molecular weight excluding hydrogens is 416 g/mol. The third-order valence-corrected chi connectivity index (χ3v) is 8.68. The van der Waals surface area contributed by atoms with Gasteiger partial charge in [-0.15, -0.1) is 0 Å². The van der Waals surface area contributed by atoms with E-state index in [-0.39, 0.29) is 5.92 Å². The zero-order valence-electron chi connectivity index (χ0n) is 19.6. The normalized spacial score (nSPS) is 24.7. The smallest absolute Gasteiger partial charge is 0.0821 e. The zero-order valence-corrected chi connectivity index (χ0v) is 20.6. The maximum atomic E-state index is 6.00. The van der Waals surface area contributed by atoms with Crippen molar-refractivity contribution in [3.05, 3.63) is 35.8 Å². The van der Waals surface area contributed by atoms with Gasteiger partial charge >= 0.3 is 0 Å². The van der Waals surface area contributed by atoms with Gasteiger partial charge in [-0.2, -0.15) is 5.10 Å². The number of aliphatic imine (C=N–C) groups is 2. The van der Waals surface area contributed by atoms with Crippen molar-refractivity contribution >= 4 is 25.7 Å². The van der Waals surface area contributed by atoms with Crippen molar-refractivity contribution in [2.24, 2.45) is 15.9 Å². The van der Waals surface area contributed by atoms with Crippen LogP contribution in [-0.4, -0.2) is 80.1 Å². The van der Waals surface area contributed by atoms with Gasteiger partial charge in [0.05, 0.1) is 36.2 Å². The van der Waals surface area contributed by atoms with E-state index in [0.29, 0.717) is 12.6 Å². The monoisotopic (exact) mass is 452 g/mol. The molecule has 0 aliphatic carbocycles. The molecule has 1 N–H and O–H groups in total. The Morgan fingerprint density at radius 1 is 1.16 bits per heavy atom. The highest BCUT2D eigenvalue weighted by molar-refractivity contribution is 6.76. The summed E-state index contributed by atoms with van der Waals surface area (Å²) in [6.07, 6.45) is 12.6. The van der Waals surface area contributed by atoms with Gasteiger partial charge in [0, 0.05) is 63.6 Å². The standard InChI is InChI=1S/C24H36N6OSi/c1-32(2,3)11-10-31-17-19-12-27-23(22-6-9-26-24(19)22)18-13-28-30(14-18)21-15-29(16-21)20-4-7-25-8-5-20/h6,9,12-14,19-21,25H,4-5,7-8,10-11,15-17H2,1-3H3. The van der Waals surface area contributed by atoms with E-state index < -0.39 is 8.07 Å². The second-order valence-electron chi connectivity index (χ2n) is 10.7. The Morgan fingerprint density at radius 2 is 1.97 bits per heavy atom. The van der Waals surface area contributed by atoms with Crippen LogP contribution in [0.15, 0.2) is 40.2 Å². The summed E-state index contributed by atoms with van der Waals surface area (Å²) in [7, 11) is -1.07. The van der Waals surface area contributed by atoms with Crippen LogP contribution < -0.4 is 5.32 Å². The number of ether oxygens (including phenoxy) is 1. The van der Waals surface area contributed by atoms with E-state index in [1.807, 2.05) is 18.6 Å². The summed E-state index contributed by atoms with van der Waals surface area (Å²) in [5, 5.41) is 8.15. The van der Waals surface area contributed by atoms with Crippen molar-refractivity contribution in [2.75, 3.05) is 39.4 Å². The lowest BCUT2D eigenvalue weighted by atomic mass is 9.93. The summed E-state index contributed by atoms with van der Waals surface area (Å²) < 4.78 is 8.14. The van der Waals surface area contributed by atoms with Crippen LogP contribution in [0, 0.1) is 5.92 Å². The fourth-order valence-electron chi connectivity index (χ4n) is 4.87. The largest absolute Gasteiger partial charge is 0.381 e. The number of hydrogen-bond donors (Lipinski definition) is 1. The van der Waals surface area contributed by atoms with Crippen molar-refractivity contribution in [3.63, 3.8) is 0 Å². The van der Waals surface area contributed by atoms with E-state index in [9.17, 15) is 0 Å². The van der Waals surface area contributed by atoms with Crippen molar-refractivity contribution in [3.8, 4) is 0 Å². The molecule has 2 saturated heterocycles. The summed E-state index contributed by atoms with van der Waals surface area (Å²) in [5.41, 5.74) is 4.26. The molecule has 1 unspecified atom stereocenters. The molecule has 172 valence electrons. The Bertz CT molecular complexity index is 944. The van der Waals surface area contributed by atoms with Crippen molar-refractivity contribution in [2.45, 2.75) is 50.6 Å². The summed E-state index contributed by atoms with van der Waals surface area (Å²) in [4.78, 5) is 12.1. The second-order valence-corrected chi connectivity index (χ2v) is 16.3. The molecule has 1 atom stereocenters. The lowest BCUT2D eigenvalue weighted by molar-refractivity contribution is 0.0390. The molecule has 7 nitrogen and oxygen atoms in total. The molecule has 1 aromatic rings. The Labute approximate surface area is 192 Å². The average molecular weight is 453 g/mol. The summed E-state index contributed by atoms with van der Waals surface area (Å²) in [5.74, 6) is 0.130. The van der Waals surface area contributed by atoms with E-state index in [2.05, 4.69) is 51.8 Å². The first-order chi connectivity index (χ1) is 15.5. The molecule has 8 heteroatoms. The van der Waals surface area contributed by atoms with Gasteiger partial charge in [0.1, 0.15) is 0 Å². The Balaban J connectivity index is 1.20. The van der Waals surface area contributed by atoms with Crippen LogP contribution in [-0.2, 0) is 4.74 Å². The maximum Gasteiger partial charge on any atom is 0.0821 e. The number of aromatic nitrogens is 2. The van der Waals surface area contributed by atoms with Gasteiger partial charge in [-0.3, -0.25) is 19.6 Å². The molecule has 1 aromatic heterocycles. The molecule has 5 rings (SSSR count). The summed E-state index contributed by atoms with van der Waals surface area (Å²) in [6.45, 7) is 13.1. The highest BCUT2D eigenvalue weighted by atomic mass is 28.3. The van der Waals surface area contributed by atoms with Crippen molar-refractivity contribution in [1.29, 1.82) is 0 Å². The van der Waals surface area contributed by atoms with Crippen LogP contribution in [0.4, 0.5) is 0 Å². The minimum Gasteiger partial charge on any atom is -0.381 e. The third-order valence-electron chi connectivity index (χ3n) is 6.98. The Morgan fingerprint density at radius 3 is 2.75 bits per heavy atom. The van der Waals surface area contributed by atoms with Gasteiger partial charge in [0.15, 0.2) is 0 Å². The van der Waals surface area contributed by atoms with E-state index in [4.69, 9.17) is 14.8 Å². The number of nitrogens with zero attached hydrogens (tertiary/aromatic N) is 5. The molecule has 4 aliphatic heterocycles. The maximum absolute atomic E-state index is 6.00. The van der Waals surface area contributed by atoms with Crippen LogP contribution in [0.25, 0.3) is 5.70 Å². The predicted molar refractivity (Wildman–Crippen MR) is 133 cm³/mol. The molecule has 2 fully saturated rings. The van der Waals surface area contributed by atoms with Gasteiger partial charge in [-0.25, -0.2) is 0 Å². The van der Waals surface area contributed by atoms with Crippen molar-refractivity contribution in [1.82, 2.24) is 20.0 Å². The number of allylic oxidation sites excluding steroid dienone is 2.